The number of rotatable bonds is 4. The van der Waals surface area contributed by atoms with Crippen LogP contribution in [0.3, 0.4) is 0 Å². The maximum absolute atomic E-state index is 2.53. The molecule has 1 heterocycles. The largest absolute Gasteiger partial charge is 0.309 e. The second-order valence-electron chi connectivity index (χ2n) is 19.0. The Balaban J connectivity index is 1.00. The number of aromatic nitrogens is 1. The normalized spacial score (nSPS) is 12.3. The fourth-order valence-electron chi connectivity index (χ4n) is 12.8. The van der Waals surface area contributed by atoms with Crippen molar-refractivity contribution in [2.24, 2.45) is 0 Å². The minimum absolute atomic E-state index is 1.17. The highest BCUT2D eigenvalue weighted by Crippen LogP contribution is 2.55. The van der Waals surface area contributed by atoms with E-state index in [-0.39, 0.29) is 0 Å². The molecule has 0 N–H and O–H groups in total. The number of fused-ring (bicyclic) bond motifs is 15. The zero-order chi connectivity index (χ0) is 44.9. The molecule has 0 unspecified atom stereocenters. The maximum atomic E-state index is 2.53. The highest BCUT2D eigenvalue weighted by molar-refractivity contribution is 6.46. The first-order valence-electron chi connectivity index (χ1n) is 24.1. The van der Waals surface area contributed by atoms with Gasteiger partial charge in [-0.25, -0.2) is 0 Å². The fourth-order valence-corrected chi connectivity index (χ4v) is 12.8. The Hall–Kier alpha value is -9.04. The molecular formula is C68H39N. The molecule has 0 aliphatic rings. The lowest BCUT2D eigenvalue weighted by Gasteiger charge is -2.19. The number of hydrogen-bond donors (Lipinski definition) is 0. The van der Waals surface area contributed by atoms with Gasteiger partial charge in [-0.3, -0.25) is 0 Å². The molecule has 1 heteroatoms. The lowest BCUT2D eigenvalue weighted by atomic mass is 9.84. The van der Waals surface area contributed by atoms with Crippen LogP contribution in [0.5, 0.6) is 0 Å². The van der Waals surface area contributed by atoms with Crippen LogP contribution in [0.2, 0.25) is 0 Å². The SMILES string of the molecule is c1ccc(-c2c3cc4c5ccccc5c5cccc(c3c(-c3ccccc3)c3c6cc7ccc8cc(-c9ccc%10c(c9)c9ccccc9n%10-c9ccccc9)ccc8c7c7cccc(c23)c67)c54)cc1. The molecule has 0 spiro atoms. The zero-order valence-electron chi connectivity index (χ0n) is 37.5. The van der Waals surface area contributed by atoms with E-state index in [1.807, 2.05) is 0 Å². The van der Waals surface area contributed by atoms with E-state index in [1.54, 1.807) is 0 Å². The lowest BCUT2D eigenvalue weighted by Crippen LogP contribution is -1.92. The number of hydrogen-bond acceptors (Lipinski definition) is 0. The smallest absolute Gasteiger partial charge is 0.0541 e. The molecule has 316 valence electrons. The summed E-state index contributed by atoms with van der Waals surface area (Å²) in [5, 5.41) is 26.1. The summed E-state index contributed by atoms with van der Waals surface area (Å²) in [5.41, 5.74) is 11.1. The summed E-state index contributed by atoms with van der Waals surface area (Å²) in [6.45, 7) is 0. The van der Waals surface area contributed by atoms with Gasteiger partial charge in [-0.2, -0.15) is 0 Å². The van der Waals surface area contributed by atoms with Gasteiger partial charge in [-0.1, -0.05) is 188 Å². The van der Waals surface area contributed by atoms with Crippen LogP contribution < -0.4 is 0 Å². The van der Waals surface area contributed by atoms with Crippen LogP contribution in [0.25, 0.3) is 158 Å². The van der Waals surface area contributed by atoms with Crippen LogP contribution in [-0.4, -0.2) is 4.57 Å². The predicted molar refractivity (Wildman–Crippen MR) is 297 cm³/mol. The average Bonchev–Trinajstić information content (AvgIpc) is 4.05. The van der Waals surface area contributed by atoms with E-state index in [9.17, 15) is 0 Å². The molecule has 69 heavy (non-hydrogen) atoms. The minimum atomic E-state index is 1.17. The van der Waals surface area contributed by atoms with Crippen molar-refractivity contribution in [3.63, 3.8) is 0 Å². The van der Waals surface area contributed by atoms with Crippen LogP contribution in [0.4, 0.5) is 0 Å². The van der Waals surface area contributed by atoms with E-state index in [4.69, 9.17) is 0 Å². The summed E-state index contributed by atoms with van der Waals surface area (Å²) in [7, 11) is 0. The molecule has 16 rings (SSSR count). The molecule has 1 nitrogen and oxygen atoms in total. The molecule has 0 aliphatic heterocycles. The number of benzene rings is 13. The van der Waals surface area contributed by atoms with Crippen molar-refractivity contribution in [1.29, 1.82) is 0 Å². The molecule has 0 saturated carbocycles. The Morgan fingerprint density at radius 2 is 0.739 bits per heavy atom. The molecule has 0 amide bonds. The van der Waals surface area contributed by atoms with Crippen LogP contribution >= 0.6 is 0 Å². The van der Waals surface area contributed by atoms with Crippen LogP contribution in [0, 0.1) is 0 Å². The van der Waals surface area contributed by atoms with Gasteiger partial charge in [0.25, 0.3) is 0 Å². The summed E-state index contributed by atoms with van der Waals surface area (Å²) in [6.07, 6.45) is 0. The predicted octanol–water partition coefficient (Wildman–Crippen LogP) is 19.0. The molecule has 0 radical (unpaired) electrons. The lowest BCUT2D eigenvalue weighted by molar-refractivity contribution is 1.18. The Bertz CT molecular complexity index is 4790. The van der Waals surface area contributed by atoms with E-state index in [1.165, 1.54) is 158 Å². The first-order chi connectivity index (χ1) is 34.3. The summed E-state index contributed by atoms with van der Waals surface area (Å²) >= 11 is 0. The second kappa shape index (κ2) is 13.8. The van der Waals surface area contributed by atoms with Gasteiger partial charge in [0, 0.05) is 16.5 Å². The van der Waals surface area contributed by atoms with Gasteiger partial charge < -0.3 is 4.57 Å². The Labute approximate surface area is 397 Å². The molecule has 0 saturated heterocycles. The van der Waals surface area contributed by atoms with Gasteiger partial charge >= 0.3 is 0 Å². The molecule has 0 aliphatic carbocycles. The molecule has 15 aromatic carbocycles. The van der Waals surface area contributed by atoms with E-state index >= 15 is 0 Å². The van der Waals surface area contributed by atoms with Gasteiger partial charge in [-0.15, -0.1) is 0 Å². The first kappa shape index (κ1) is 37.1. The van der Waals surface area contributed by atoms with E-state index in [2.05, 4.69) is 241 Å². The third-order valence-corrected chi connectivity index (χ3v) is 15.6. The van der Waals surface area contributed by atoms with Crippen LogP contribution in [0.1, 0.15) is 0 Å². The first-order valence-corrected chi connectivity index (χ1v) is 24.1. The van der Waals surface area contributed by atoms with Crippen LogP contribution in [0.15, 0.2) is 237 Å². The minimum Gasteiger partial charge on any atom is -0.309 e. The molecular weight excluding hydrogens is 831 g/mol. The maximum Gasteiger partial charge on any atom is 0.0541 e. The molecule has 1 aromatic heterocycles. The summed E-state index contributed by atoms with van der Waals surface area (Å²) in [6, 6.07) is 88.7. The van der Waals surface area contributed by atoms with Gasteiger partial charge in [-0.05, 0) is 179 Å². The fraction of sp³-hybridized carbons (Fsp3) is 0. The van der Waals surface area contributed by atoms with Crippen molar-refractivity contribution in [2.45, 2.75) is 0 Å². The third kappa shape index (κ3) is 4.98. The van der Waals surface area contributed by atoms with Gasteiger partial charge in [0.1, 0.15) is 0 Å². The zero-order valence-corrected chi connectivity index (χ0v) is 37.5. The van der Waals surface area contributed by atoms with Crippen molar-refractivity contribution >= 4 is 119 Å². The van der Waals surface area contributed by atoms with Gasteiger partial charge in [0.15, 0.2) is 0 Å². The van der Waals surface area contributed by atoms with Crippen molar-refractivity contribution < 1.29 is 0 Å². The van der Waals surface area contributed by atoms with Crippen molar-refractivity contribution in [2.75, 3.05) is 0 Å². The van der Waals surface area contributed by atoms with Gasteiger partial charge in [0.05, 0.1) is 11.0 Å². The average molecular weight is 870 g/mol. The van der Waals surface area contributed by atoms with Crippen molar-refractivity contribution in [3.8, 4) is 39.1 Å². The standard InChI is InChI=1S/C68H39N/c1-4-16-40(17-5-1)62-58-39-56-49-23-11-10-22-48(49)51-25-14-27-53(64(51)56)66(58)63(41-18-6-2-7-19-41)68-57-38-45-31-30-44-36-42(32-34-47(44)61(45)52-26-15-28-54(65(52)57)67(62)68)43-33-35-60-55(37-43)50-24-12-13-29-59(50)69(60)46-20-8-3-9-21-46/h1-39H. The summed E-state index contributed by atoms with van der Waals surface area (Å²) in [4.78, 5) is 0. The number of nitrogens with zero attached hydrogens (tertiary/aromatic N) is 1. The van der Waals surface area contributed by atoms with E-state index in [0.717, 1.165) is 0 Å². The van der Waals surface area contributed by atoms with E-state index < -0.39 is 0 Å². The molecule has 0 fully saturated rings. The Morgan fingerprint density at radius 3 is 1.51 bits per heavy atom. The van der Waals surface area contributed by atoms with Crippen molar-refractivity contribution in [1.82, 2.24) is 4.57 Å². The van der Waals surface area contributed by atoms with Crippen LogP contribution in [-0.2, 0) is 0 Å². The molecule has 16 aromatic rings. The third-order valence-electron chi connectivity index (χ3n) is 15.6. The second-order valence-corrected chi connectivity index (χ2v) is 19.0. The summed E-state index contributed by atoms with van der Waals surface area (Å²) < 4.78 is 2.39. The van der Waals surface area contributed by atoms with Crippen molar-refractivity contribution in [3.05, 3.63) is 237 Å². The topological polar surface area (TPSA) is 4.93 Å². The van der Waals surface area contributed by atoms with E-state index in [0.29, 0.717) is 0 Å². The summed E-state index contributed by atoms with van der Waals surface area (Å²) in [5.74, 6) is 0. The highest BCUT2D eigenvalue weighted by atomic mass is 15.0. The van der Waals surface area contributed by atoms with Gasteiger partial charge in [0.2, 0.25) is 0 Å². The Kier molecular flexibility index (Phi) is 7.40. The Morgan fingerprint density at radius 1 is 0.203 bits per heavy atom. The highest BCUT2D eigenvalue weighted by Gasteiger charge is 2.27. The molecule has 0 atom stereocenters. The molecule has 0 bridgehead atoms. The quantitative estimate of drug-likeness (QED) is 0.155. The number of para-hydroxylation sites is 2. The monoisotopic (exact) mass is 869 g/mol.